The van der Waals surface area contributed by atoms with Gasteiger partial charge in [0.25, 0.3) is 0 Å². The maximum atomic E-state index is 12.5. The fourth-order valence-electron chi connectivity index (χ4n) is 1.84. The van der Waals surface area contributed by atoms with Crippen molar-refractivity contribution >= 4 is 10.9 Å². The van der Waals surface area contributed by atoms with E-state index in [9.17, 15) is 13.2 Å². The molecule has 1 saturated carbocycles. The molecule has 1 aliphatic rings. The first-order chi connectivity index (χ1) is 7.55. The van der Waals surface area contributed by atoms with E-state index >= 15 is 0 Å². The van der Waals surface area contributed by atoms with Crippen LogP contribution in [0, 0.1) is 0 Å². The Morgan fingerprint density at radius 1 is 1.25 bits per heavy atom. The SMILES string of the molecule is FC(F)(F)c1ccc2c(cnn2C2CC2)c1. The van der Waals surface area contributed by atoms with Crippen molar-refractivity contribution in [2.75, 3.05) is 0 Å². The fourth-order valence-corrected chi connectivity index (χ4v) is 1.84. The Morgan fingerprint density at radius 3 is 2.62 bits per heavy atom. The van der Waals surface area contributed by atoms with Crippen LogP contribution in [-0.4, -0.2) is 9.78 Å². The maximum absolute atomic E-state index is 12.5. The molecule has 0 spiro atoms. The molecule has 0 unspecified atom stereocenters. The highest BCUT2D eigenvalue weighted by Crippen LogP contribution is 2.38. The normalized spacial score (nSPS) is 16.9. The first-order valence-corrected chi connectivity index (χ1v) is 5.10. The van der Waals surface area contributed by atoms with E-state index in [1.165, 1.54) is 12.3 Å². The topological polar surface area (TPSA) is 17.8 Å². The molecule has 1 fully saturated rings. The zero-order valence-electron chi connectivity index (χ0n) is 8.33. The molecule has 0 bridgehead atoms. The molecule has 0 aliphatic heterocycles. The summed E-state index contributed by atoms with van der Waals surface area (Å²) in [6.07, 6.45) is -0.644. The van der Waals surface area contributed by atoms with Crippen LogP contribution < -0.4 is 0 Å². The molecular weight excluding hydrogens is 217 g/mol. The van der Waals surface area contributed by atoms with Crippen LogP contribution >= 0.6 is 0 Å². The van der Waals surface area contributed by atoms with Crippen LogP contribution in [-0.2, 0) is 6.18 Å². The van der Waals surface area contributed by atoms with E-state index in [2.05, 4.69) is 5.10 Å². The van der Waals surface area contributed by atoms with Gasteiger partial charge < -0.3 is 0 Å². The van der Waals surface area contributed by atoms with Crippen LogP contribution in [0.5, 0.6) is 0 Å². The van der Waals surface area contributed by atoms with Crippen molar-refractivity contribution in [2.24, 2.45) is 0 Å². The first kappa shape index (κ1) is 9.69. The Hall–Kier alpha value is -1.52. The summed E-state index contributed by atoms with van der Waals surface area (Å²) in [6, 6.07) is 4.15. The van der Waals surface area contributed by atoms with Crippen molar-refractivity contribution in [3.05, 3.63) is 30.0 Å². The van der Waals surface area contributed by atoms with Gasteiger partial charge in [0.15, 0.2) is 0 Å². The van der Waals surface area contributed by atoms with E-state index in [0.717, 1.165) is 30.5 Å². The molecule has 2 aromatic rings. The molecule has 1 aromatic heterocycles. The molecule has 16 heavy (non-hydrogen) atoms. The lowest BCUT2D eigenvalue weighted by atomic mass is 10.1. The minimum atomic E-state index is -4.28. The zero-order valence-corrected chi connectivity index (χ0v) is 8.33. The molecule has 0 amide bonds. The third-order valence-electron chi connectivity index (χ3n) is 2.82. The predicted octanol–water partition coefficient (Wildman–Crippen LogP) is 3.39. The van der Waals surface area contributed by atoms with Gasteiger partial charge in [-0.05, 0) is 31.0 Å². The molecule has 1 aliphatic carbocycles. The maximum Gasteiger partial charge on any atom is 0.416 e. The van der Waals surface area contributed by atoms with Crippen molar-refractivity contribution in [2.45, 2.75) is 25.1 Å². The van der Waals surface area contributed by atoms with E-state index in [1.807, 2.05) is 4.68 Å². The predicted molar refractivity (Wildman–Crippen MR) is 53.0 cm³/mol. The fraction of sp³-hybridized carbons (Fsp3) is 0.364. The van der Waals surface area contributed by atoms with Crippen LogP contribution in [0.4, 0.5) is 13.2 Å². The van der Waals surface area contributed by atoms with Crippen molar-refractivity contribution in [1.82, 2.24) is 9.78 Å². The van der Waals surface area contributed by atoms with Gasteiger partial charge in [-0.2, -0.15) is 18.3 Å². The molecule has 84 valence electrons. The highest BCUT2D eigenvalue weighted by atomic mass is 19.4. The van der Waals surface area contributed by atoms with Gasteiger partial charge in [0, 0.05) is 5.39 Å². The van der Waals surface area contributed by atoms with E-state index in [-0.39, 0.29) is 0 Å². The summed E-state index contributed by atoms with van der Waals surface area (Å²) in [7, 11) is 0. The largest absolute Gasteiger partial charge is 0.416 e. The number of alkyl halides is 3. The number of benzene rings is 1. The Balaban J connectivity index is 2.13. The highest BCUT2D eigenvalue weighted by Gasteiger charge is 2.31. The summed E-state index contributed by atoms with van der Waals surface area (Å²) in [5.74, 6) is 0. The number of hydrogen-bond acceptors (Lipinski definition) is 1. The van der Waals surface area contributed by atoms with Gasteiger partial charge in [0.05, 0.1) is 23.3 Å². The first-order valence-electron chi connectivity index (χ1n) is 5.10. The lowest BCUT2D eigenvalue weighted by Crippen LogP contribution is -2.04. The monoisotopic (exact) mass is 226 g/mol. The van der Waals surface area contributed by atoms with Gasteiger partial charge in [-0.1, -0.05) is 0 Å². The highest BCUT2D eigenvalue weighted by molar-refractivity contribution is 5.79. The summed E-state index contributed by atoms with van der Waals surface area (Å²) in [6.45, 7) is 0. The molecule has 2 nitrogen and oxygen atoms in total. The van der Waals surface area contributed by atoms with Gasteiger partial charge in [-0.3, -0.25) is 4.68 Å². The Bertz CT molecular complexity index is 538. The third-order valence-corrected chi connectivity index (χ3v) is 2.82. The molecule has 0 saturated heterocycles. The third kappa shape index (κ3) is 1.47. The number of nitrogens with zero attached hydrogens (tertiary/aromatic N) is 2. The molecule has 1 heterocycles. The number of aromatic nitrogens is 2. The molecule has 0 N–H and O–H groups in total. The van der Waals surface area contributed by atoms with Crippen molar-refractivity contribution in [3.8, 4) is 0 Å². The molecule has 3 rings (SSSR count). The summed E-state index contributed by atoms with van der Waals surface area (Å²) in [5.41, 5.74) is 0.172. The summed E-state index contributed by atoms with van der Waals surface area (Å²) < 4.78 is 39.2. The van der Waals surface area contributed by atoms with E-state index in [0.29, 0.717) is 11.4 Å². The van der Waals surface area contributed by atoms with Crippen LogP contribution in [0.2, 0.25) is 0 Å². The number of hydrogen-bond donors (Lipinski definition) is 0. The average Bonchev–Trinajstić information content (AvgIpc) is 2.96. The second-order valence-corrected chi connectivity index (χ2v) is 4.09. The quantitative estimate of drug-likeness (QED) is 0.728. The number of halogens is 3. The minimum absolute atomic E-state index is 0.384. The molecule has 0 radical (unpaired) electrons. The summed E-state index contributed by atoms with van der Waals surface area (Å²) in [5, 5.41) is 4.69. The van der Waals surface area contributed by atoms with E-state index in [1.54, 1.807) is 0 Å². The zero-order chi connectivity index (χ0) is 11.3. The van der Waals surface area contributed by atoms with E-state index < -0.39 is 11.7 Å². The average molecular weight is 226 g/mol. The van der Waals surface area contributed by atoms with Crippen molar-refractivity contribution in [1.29, 1.82) is 0 Å². The lowest BCUT2D eigenvalue weighted by molar-refractivity contribution is -0.137. The van der Waals surface area contributed by atoms with Crippen LogP contribution in [0.3, 0.4) is 0 Å². The van der Waals surface area contributed by atoms with Gasteiger partial charge in [-0.15, -0.1) is 0 Å². The summed E-state index contributed by atoms with van der Waals surface area (Å²) in [4.78, 5) is 0. The molecule has 5 heteroatoms. The lowest BCUT2D eigenvalue weighted by Gasteiger charge is -2.06. The molecule has 0 atom stereocenters. The summed E-state index contributed by atoms with van der Waals surface area (Å²) >= 11 is 0. The Labute approximate surface area is 89.7 Å². The van der Waals surface area contributed by atoms with Crippen LogP contribution in [0.25, 0.3) is 10.9 Å². The van der Waals surface area contributed by atoms with Crippen LogP contribution in [0.15, 0.2) is 24.4 Å². The Kier molecular flexibility index (Phi) is 1.81. The Morgan fingerprint density at radius 2 is 2.00 bits per heavy atom. The van der Waals surface area contributed by atoms with Gasteiger partial charge in [0.2, 0.25) is 0 Å². The standard InChI is InChI=1S/C11H9F3N2/c12-11(13,14)8-1-4-10-7(5-8)6-15-16(10)9-2-3-9/h1,4-6,9H,2-3H2. The van der Waals surface area contributed by atoms with Crippen LogP contribution in [0.1, 0.15) is 24.4 Å². The van der Waals surface area contributed by atoms with Gasteiger partial charge in [-0.25, -0.2) is 0 Å². The molecular formula is C11H9F3N2. The van der Waals surface area contributed by atoms with Gasteiger partial charge >= 0.3 is 6.18 Å². The number of fused-ring (bicyclic) bond motifs is 1. The second-order valence-electron chi connectivity index (χ2n) is 4.09. The van der Waals surface area contributed by atoms with Crippen molar-refractivity contribution in [3.63, 3.8) is 0 Å². The second kappa shape index (κ2) is 2.99. The molecule has 1 aromatic carbocycles. The number of rotatable bonds is 1. The van der Waals surface area contributed by atoms with E-state index in [4.69, 9.17) is 0 Å². The smallest absolute Gasteiger partial charge is 0.262 e. The van der Waals surface area contributed by atoms with Crippen molar-refractivity contribution < 1.29 is 13.2 Å². The minimum Gasteiger partial charge on any atom is -0.262 e. The van der Waals surface area contributed by atoms with Gasteiger partial charge in [0.1, 0.15) is 0 Å².